The Hall–Kier alpha value is -1.39. The van der Waals surface area contributed by atoms with Crippen LogP contribution in [0, 0.1) is 5.82 Å². The maximum Gasteiger partial charge on any atom is 0.124 e. The monoisotopic (exact) mass is 262 g/mol. The molecule has 4 heteroatoms. The molecule has 0 amide bonds. The van der Waals surface area contributed by atoms with Gasteiger partial charge in [-0.2, -0.15) is 0 Å². The second-order valence-corrected chi connectivity index (χ2v) is 5.27. The van der Waals surface area contributed by atoms with Crippen molar-refractivity contribution in [1.29, 1.82) is 0 Å². The molecule has 0 fully saturated rings. The van der Waals surface area contributed by atoms with Crippen LogP contribution in [0.1, 0.15) is 12.5 Å². The number of rotatable bonds is 4. The van der Waals surface area contributed by atoms with Crippen LogP contribution in [0.2, 0.25) is 0 Å². The minimum atomic E-state index is -0.232. The van der Waals surface area contributed by atoms with Crippen LogP contribution in [0.25, 0.3) is 0 Å². The Balaban J connectivity index is 2.23. The van der Waals surface area contributed by atoms with Gasteiger partial charge < -0.3 is 5.73 Å². The van der Waals surface area contributed by atoms with Gasteiger partial charge in [-0.15, -0.1) is 0 Å². The fraction of sp³-hybridized carbons (Fsp3) is 0.214. The Morgan fingerprint density at radius 1 is 1.33 bits per heavy atom. The summed E-state index contributed by atoms with van der Waals surface area (Å²) in [6, 6.07) is 10.5. The number of benzene rings is 1. The molecule has 0 saturated heterocycles. The topological polar surface area (TPSA) is 38.9 Å². The first-order valence-electron chi connectivity index (χ1n) is 5.78. The summed E-state index contributed by atoms with van der Waals surface area (Å²) in [5, 5.41) is 0.889. The largest absolute Gasteiger partial charge is 0.328 e. The molecule has 1 aromatic heterocycles. The molecule has 18 heavy (non-hydrogen) atoms. The lowest BCUT2D eigenvalue weighted by atomic mass is 10.1. The van der Waals surface area contributed by atoms with Gasteiger partial charge in [0.2, 0.25) is 0 Å². The first-order valence-corrected chi connectivity index (χ1v) is 6.59. The second kappa shape index (κ2) is 5.98. The molecule has 0 radical (unpaired) electrons. The predicted octanol–water partition coefficient (Wildman–Crippen LogP) is 3.26. The van der Waals surface area contributed by atoms with Crippen molar-refractivity contribution in [1.82, 2.24) is 4.98 Å². The smallest absolute Gasteiger partial charge is 0.124 e. The van der Waals surface area contributed by atoms with E-state index in [1.165, 1.54) is 23.9 Å². The van der Waals surface area contributed by atoms with Gasteiger partial charge in [-0.25, -0.2) is 9.37 Å². The van der Waals surface area contributed by atoms with Crippen LogP contribution in [0.5, 0.6) is 0 Å². The minimum absolute atomic E-state index is 0.0843. The number of hydrogen-bond acceptors (Lipinski definition) is 3. The average molecular weight is 262 g/mol. The Morgan fingerprint density at radius 3 is 2.89 bits per heavy atom. The molecule has 0 aliphatic rings. The van der Waals surface area contributed by atoms with E-state index < -0.39 is 0 Å². The third-order valence-electron chi connectivity index (χ3n) is 2.40. The Labute approximate surface area is 110 Å². The van der Waals surface area contributed by atoms with Crippen LogP contribution in [-0.4, -0.2) is 11.0 Å². The molecule has 1 heterocycles. The van der Waals surface area contributed by atoms with Crippen molar-refractivity contribution in [3.05, 3.63) is 54.0 Å². The van der Waals surface area contributed by atoms with Gasteiger partial charge >= 0.3 is 0 Å². The van der Waals surface area contributed by atoms with Crippen LogP contribution in [0.3, 0.4) is 0 Å². The Morgan fingerprint density at radius 2 is 2.17 bits per heavy atom. The van der Waals surface area contributed by atoms with Gasteiger partial charge in [0.15, 0.2) is 0 Å². The van der Waals surface area contributed by atoms with Gasteiger partial charge in [-0.05, 0) is 43.2 Å². The Bertz CT molecular complexity index is 529. The molecule has 1 atom stereocenters. The average Bonchev–Trinajstić information content (AvgIpc) is 2.31. The van der Waals surface area contributed by atoms with Crippen LogP contribution in [-0.2, 0) is 6.42 Å². The fourth-order valence-corrected chi connectivity index (χ4v) is 2.60. The molecule has 2 aromatic rings. The highest BCUT2D eigenvalue weighted by Crippen LogP contribution is 2.29. The van der Waals surface area contributed by atoms with Crippen LogP contribution < -0.4 is 5.73 Å². The summed E-state index contributed by atoms with van der Waals surface area (Å²) >= 11 is 1.46. The van der Waals surface area contributed by atoms with Crippen molar-refractivity contribution in [2.24, 2.45) is 5.73 Å². The molecule has 2 nitrogen and oxygen atoms in total. The summed E-state index contributed by atoms with van der Waals surface area (Å²) in [5.41, 5.74) is 6.91. The summed E-state index contributed by atoms with van der Waals surface area (Å²) in [6.07, 6.45) is 2.51. The van der Waals surface area contributed by atoms with Gasteiger partial charge in [0.25, 0.3) is 0 Å². The SMILES string of the molecule is CC(N)Cc1cccnc1Sc1cccc(F)c1. The molecule has 2 rings (SSSR count). The van der Waals surface area contributed by atoms with Crippen molar-refractivity contribution in [2.45, 2.75) is 29.3 Å². The summed E-state index contributed by atoms with van der Waals surface area (Å²) < 4.78 is 13.1. The van der Waals surface area contributed by atoms with Gasteiger partial charge in [-0.3, -0.25) is 0 Å². The molecule has 2 N–H and O–H groups in total. The maximum absolute atomic E-state index is 13.1. The number of nitrogens with zero attached hydrogens (tertiary/aromatic N) is 1. The first kappa shape index (κ1) is 13.1. The highest BCUT2D eigenvalue weighted by atomic mass is 32.2. The second-order valence-electron chi connectivity index (χ2n) is 4.21. The van der Waals surface area contributed by atoms with Crippen LogP contribution >= 0.6 is 11.8 Å². The summed E-state index contributed by atoms with van der Waals surface area (Å²) in [6.45, 7) is 1.96. The molecule has 0 saturated carbocycles. The van der Waals surface area contributed by atoms with Gasteiger partial charge in [-0.1, -0.05) is 23.9 Å². The van der Waals surface area contributed by atoms with E-state index in [2.05, 4.69) is 4.98 Å². The number of aromatic nitrogens is 1. The van der Waals surface area contributed by atoms with Gasteiger partial charge in [0.1, 0.15) is 10.8 Å². The molecule has 0 spiro atoms. The van der Waals surface area contributed by atoms with E-state index in [9.17, 15) is 4.39 Å². The van der Waals surface area contributed by atoms with Gasteiger partial charge in [0, 0.05) is 17.1 Å². The van der Waals surface area contributed by atoms with E-state index in [0.29, 0.717) is 0 Å². The zero-order valence-corrected chi connectivity index (χ0v) is 11.0. The van der Waals surface area contributed by atoms with Crippen molar-refractivity contribution in [3.8, 4) is 0 Å². The molecular formula is C14H15FN2S. The fourth-order valence-electron chi connectivity index (χ4n) is 1.66. The van der Waals surface area contributed by atoms with E-state index >= 15 is 0 Å². The highest BCUT2D eigenvalue weighted by molar-refractivity contribution is 7.99. The lowest BCUT2D eigenvalue weighted by molar-refractivity contribution is 0.624. The Kier molecular flexibility index (Phi) is 4.33. The lowest BCUT2D eigenvalue weighted by Crippen LogP contribution is -2.18. The van der Waals surface area contributed by atoms with Crippen molar-refractivity contribution < 1.29 is 4.39 Å². The normalized spacial score (nSPS) is 12.4. The number of hydrogen-bond donors (Lipinski definition) is 1. The minimum Gasteiger partial charge on any atom is -0.328 e. The predicted molar refractivity (Wildman–Crippen MR) is 72.1 cm³/mol. The van der Waals surface area contributed by atoms with Crippen molar-refractivity contribution in [2.75, 3.05) is 0 Å². The third-order valence-corrected chi connectivity index (χ3v) is 3.45. The van der Waals surface area contributed by atoms with Crippen LogP contribution in [0.4, 0.5) is 4.39 Å². The van der Waals surface area contributed by atoms with E-state index in [-0.39, 0.29) is 11.9 Å². The molecule has 1 unspecified atom stereocenters. The standard InChI is InChI=1S/C14H15FN2S/c1-10(16)8-11-4-3-7-17-14(11)18-13-6-2-5-12(15)9-13/h2-7,9-10H,8,16H2,1H3. The number of nitrogens with two attached hydrogens (primary N) is 1. The zero-order chi connectivity index (χ0) is 13.0. The molecule has 94 valence electrons. The van der Waals surface area contributed by atoms with E-state index in [1.54, 1.807) is 12.3 Å². The molecule has 0 aliphatic heterocycles. The zero-order valence-electron chi connectivity index (χ0n) is 10.1. The first-order chi connectivity index (χ1) is 8.65. The van der Waals surface area contributed by atoms with Gasteiger partial charge in [0.05, 0.1) is 0 Å². The molecule has 0 aliphatic carbocycles. The maximum atomic E-state index is 13.1. The number of pyridine rings is 1. The van der Waals surface area contributed by atoms with E-state index in [1.807, 2.05) is 25.1 Å². The molecular weight excluding hydrogens is 247 g/mol. The summed E-state index contributed by atoms with van der Waals surface area (Å²) in [5.74, 6) is -0.232. The number of halogens is 1. The molecule has 0 bridgehead atoms. The van der Waals surface area contributed by atoms with Crippen LogP contribution in [0.15, 0.2) is 52.5 Å². The molecule has 1 aromatic carbocycles. The van der Waals surface area contributed by atoms with E-state index in [0.717, 1.165) is 21.9 Å². The van der Waals surface area contributed by atoms with Crippen molar-refractivity contribution in [3.63, 3.8) is 0 Å². The third kappa shape index (κ3) is 3.55. The van der Waals surface area contributed by atoms with E-state index in [4.69, 9.17) is 5.73 Å². The lowest BCUT2D eigenvalue weighted by Gasteiger charge is -2.10. The van der Waals surface area contributed by atoms with Crippen molar-refractivity contribution >= 4 is 11.8 Å². The quantitative estimate of drug-likeness (QED) is 0.919. The summed E-state index contributed by atoms with van der Waals surface area (Å²) in [4.78, 5) is 5.19. The highest BCUT2D eigenvalue weighted by Gasteiger charge is 2.07. The summed E-state index contributed by atoms with van der Waals surface area (Å²) in [7, 11) is 0.